The highest BCUT2D eigenvalue weighted by atomic mass is 16.5. The Hall–Kier alpha value is -3.02. The summed E-state index contributed by atoms with van der Waals surface area (Å²) < 4.78 is 10.2. The number of anilines is 1. The second-order valence-electron chi connectivity index (χ2n) is 5.24. The predicted molar refractivity (Wildman–Crippen MR) is 89.3 cm³/mol. The average Bonchev–Trinajstić information content (AvgIpc) is 2.57. The molecule has 0 saturated carbocycles. The Morgan fingerprint density at radius 3 is 2.58 bits per heavy atom. The number of aryl methyl sites for hydroxylation is 1. The molecule has 6 nitrogen and oxygen atoms in total. The van der Waals surface area contributed by atoms with Gasteiger partial charge < -0.3 is 19.9 Å². The van der Waals surface area contributed by atoms with E-state index in [1.807, 2.05) is 0 Å². The lowest BCUT2D eigenvalue weighted by Gasteiger charge is -2.14. The topological polar surface area (TPSA) is 84.9 Å². The molecule has 24 heavy (non-hydrogen) atoms. The van der Waals surface area contributed by atoms with E-state index in [-0.39, 0.29) is 11.3 Å². The normalized spacial score (nSPS) is 11.5. The van der Waals surface area contributed by atoms with Gasteiger partial charge in [0.25, 0.3) is 5.91 Å². The van der Waals surface area contributed by atoms with E-state index in [0.29, 0.717) is 17.0 Å². The van der Waals surface area contributed by atoms with Gasteiger partial charge in [-0.25, -0.2) is 4.79 Å². The summed E-state index contributed by atoms with van der Waals surface area (Å²) in [6.07, 6.45) is -1.02. The van der Waals surface area contributed by atoms with Crippen molar-refractivity contribution in [2.75, 3.05) is 12.4 Å². The standard InChI is InChI=1S/C18H19NO5/c1-11-6-4-9-15(16(11)20)18(22)24-12(2)17(21)19-13-7-5-8-14(10-13)23-3/h4-10,12,20H,1-3H3,(H,19,21)/t12-/m0/s1. The van der Waals surface area contributed by atoms with Crippen LogP contribution >= 0.6 is 0 Å². The summed E-state index contributed by atoms with van der Waals surface area (Å²) in [5, 5.41) is 12.5. The van der Waals surface area contributed by atoms with Crippen LogP contribution in [0.1, 0.15) is 22.8 Å². The molecule has 0 aliphatic rings. The van der Waals surface area contributed by atoms with Crippen molar-refractivity contribution in [1.29, 1.82) is 0 Å². The van der Waals surface area contributed by atoms with Crippen LogP contribution in [0.5, 0.6) is 11.5 Å². The first-order valence-corrected chi connectivity index (χ1v) is 7.37. The lowest BCUT2D eigenvalue weighted by atomic mass is 10.1. The summed E-state index contributed by atoms with van der Waals surface area (Å²) in [5.41, 5.74) is 1.11. The van der Waals surface area contributed by atoms with Crippen molar-refractivity contribution < 1.29 is 24.2 Å². The fourth-order valence-electron chi connectivity index (χ4n) is 2.05. The molecule has 1 amide bonds. The number of amides is 1. The van der Waals surface area contributed by atoms with Crippen LogP contribution in [0.2, 0.25) is 0 Å². The zero-order chi connectivity index (χ0) is 17.7. The number of phenolic OH excluding ortho intramolecular Hbond substituents is 1. The number of carbonyl (C=O) groups excluding carboxylic acids is 2. The van der Waals surface area contributed by atoms with E-state index in [1.54, 1.807) is 43.3 Å². The average molecular weight is 329 g/mol. The number of benzene rings is 2. The Kier molecular flexibility index (Phi) is 5.42. The number of rotatable bonds is 5. The van der Waals surface area contributed by atoms with Crippen LogP contribution < -0.4 is 10.1 Å². The Morgan fingerprint density at radius 1 is 1.17 bits per heavy atom. The first kappa shape index (κ1) is 17.3. The smallest absolute Gasteiger partial charge is 0.342 e. The van der Waals surface area contributed by atoms with Crippen molar-refractivity contribution in [3.8, 4) is 11.5 Å². The number of methoxy groups -OCH3 is 1. The molecule has 0 fully saturated rings. The number of hydrogen-bond donors (Lipinski definition) is 2. The molecule has 0 heterocycles. The van der Waals surface area contributed by atoms with E-state index in [9.17, 15) is 14.7 Å². The zero-order valence-electron chi connectivity index (χ0n) is 13.7. The van der Waals surface area contributed by atoms with Crippen molar-refractivity contribution in [2.45, 2.75) is 20.0 Å². The fourth-order valence-corrected chi connectivity index (χ4v) is 2.05. The van der Waals surface area contributed by atoms with Crippen molar-refractivity contribution in [3.05, 3.63) is 53.6 Å². The molecule has 2 N–H and O–H groups in total. The first-order valence-electron chi connectivity index (χ1n) is 7.37. The number of nitrogens with one attached hydrogen (secondary N) is 1. The van der Waals surface area contributed by atoms with Gasteiger partial charge in [-0.3, -0.25) is 4.79 Å². The minimum absolute atomic E-state index is 0.0241. The number of phenols is 1. The molecule has 2 aromatic rings. The first-order chi connectivity index (χ1) is 11.4. The molecule has 0 bridgehead atoms. The Morgan fingerprint density at radius 2 is 1.88 bits per heavy atom. The highest BCUT2D eigenvalue weighted by molar-refractivity contribution is 5.98. The molecular weight excluding hydrogens is 310 g/mol. The molecule has 0 aromatic heterocycles. The maximum Gasteiger partial charge on any atom is 0.342 e. The molecule has 1 atom stereocenters. The van der Waals surface area contributed by atoms with Crippen LogP contribution in [0, 0.1) is 6.92 Å². The fraction of sp³-hybridized carbons (Fsp3) is 0.222. The largest absolute Gasteiger partial charge is 0.507 e. The summed E-state index contributed by atoms with van der Waals surface area (Å²) in [5.74, 6) is -0.793. The van der Waals surface area contributed by atoms with Crippen LogP contribution in [-0.2, 0) is 9.53 Å². The van der Waals surface area contributed by atoms with Gasteiger partial charge in [0.15, 0.2) is 6.10 Å². The van der Waals surface area contributed by atoms with Gasteiger partial charge in [0.05, 0.1) is 7.11 Å². The van der Waals surface area contributed by atoms with Gasteiger partial charge in [-0.1, -0.05) is 18.2 Å². The third-order valence-electron chi connectivity index (χ3n) is 3.45. The summed E-state index contributed by atoms with van der Waals surface area (Å²) in [7, 11) is 1.53. The molecule has 2 aromatic carbocycles. The highest BCUT2D eigenvalue weighted by Gasteiger charge is 2.21. The molecule has 2 rings (SSSR count). The molecule has 6 heteroatoms. The molecule has 0 spiro atoms. The molecule has 0 aliphatic carbocycles. The maximum absolute atomic E-state index is 12.1. The predicted octanol–water partition coefficient (Wildman–Crippen LogP) is 2.89. The van der Waals surface area contributed by atoms with E-state index >= 15 is 0 Å². The quantitative estimate of drug-likeness (QED) is 0.824. The van der Waals surface area contributed by atoms with E-state index in [4.69, 9.17) is 9.47 Å². The van der Waals surface area contributed by atoms with Crippen molar-refractivity contribution >= 4 is 17.6 Å². The number of aromatic hydroxyl groups is 1. The Balaban J connectivity index is 2.03. The van der Waals surface area contributed by atoms with Crippen molar-refractivity contribution in [1.82, 2.24) is 0 Å². The molecule has 0 saturated heterocycles. The van der Waals surface area contributed by atoms with E-state index in [2.05, 4.69) is 5.32 Å². The van der Waals surface area contributed by atoms with E-state index in [0.717, 1.165) is 0 Å². The Labute approximate surface area is 140 Å². The summed E-state index contributed by atoms with van der Waals surface area (Å²) >= 11 is 0. The van der Waals surface area contributed by atoms with Gasteiger partial charge in [0.1, 0.15) is 17.1 Å². The lowest BCUT2D eigenvalue weighted by molar-refractivity contribution is -0.123. The molecular formula is C18H19NO5. The lowest BCUT2D eigenvalue weighted by Crippen LogP contribution is -2.30. The van der Waals surface area contributed by atoms with Gasteiger partial charge in [0.2, 0.25) is 0 Å². The second-order valence-corrected chi connectivity index (χ2v) is 5.24. The molecule has 0 radical (unpaired) electrons. The molecule has 0 aliphatic heterocycles. The highest BCUT2D eigenvalue weighted by Crippen LogP contribution is 2.23. The summed E-state index contributed by atoms with van der Waals surface area (Å²) in [4.78, 5) is 24.2. The minimum Gasteiger partial charge on any atom is -0.507 e. The number of carbonyl (C=O) groups is 2. The molecule has 126 valence electrons. The summed E-state index contributed by atoms with van der Waals surface area (Å²) in [6.45, 7) is 3.13. The van der Waals surface area contributed by atoms with Gasteiger partial charge in [0, 0.05) is 11.8 Å². The summed E-state index contributed by atoms with van der Waals surface area (Å²) in [6, 6.07) is 11.6. The SMILES string of the molecule is COc1cccc(NC(=O)[C@H](C)OC(=O)c2cccc(C)c2O)c1. The third kappa shape index (κ3) is 4.04. The van der Waals surface area contributed by atoms with Gasteiger partial charge in [-0.2, -0.15) is 0 Å². The third-order valence-corrected chi connectivity index (χ3v) is 3.45. The number of para-hydroxylation sites is 1. The number of esters is 1. The van der Waals surface area contributed by atoms with Crippen LogP contribution in [0.25, 0.3) is 0 Å². The van der Waals surface area contributed by atoms with Crippen LogP contribution in [0.3, 0.4) is 0 Å². The zero-order valence-corrected chi connectivity index (χ0v) is 13.7. The van der Waals surface area contributed by atoms with Crippen molar-refractivity contribution in [2.24, 2.45) is 0 Å². The maximum atomic E-state index is 12.1. The van der Waals surface area contributed by atoms with E-state index < -0.39 is 18.0 Å². The van der Waals surface area contributed by atoms with Crippen LogP contribution in [0.4, 0.5) is 5.69 Å². The second kappa shape index (κ2) is 7.50. The van der Waals surface area contributed by atoms with Gasteiger partial charge in [-0.15, -0.1) is 0 Å². The molecule has 0 unspecified atom stereocenters. The minimum atomic E-state index is -1.02. The van der Waals surface area contributed by atoms with Crippen molar-refractivity contribution in [3.63, 3.8) is 0 Å². The van der Waals surface area contributed by atoms with Crippen LogP contribution in [0.15, 0.2) is 42.5 Å². The van der Waals surface area contributed by atoms with E-state index in [1.165, 1.54) is 20.1 Å². The number of ether oxygens (including phenoxy) is 2. The Bertz CT molecular complexity index is 757. The monoisotopic (exact) mass is 329 g/mol. The van der Waals surface area contributed by atoms with Gasteiger partial charge >= 0.3 is 5.97 Å². The number of hydrogen-bond acceptors (Lipinski definition) is 5. The van der Waals surface area contributed by atoms with Crippen LogP contribution in [-0.4, -0.2) is 30.2 Å². The van der Waals surface area contributed by atoms with Gasteiger partial charge in [-0.05, 0) is 37.6 Å².